The van der Waals surface area contributed by atoms with Crippen molar-refractivity contribution >= 4 is 11.7 Å². The summed E-state index contributed by atoms with van der Waals surface area (Å²) >= 11 is 0. The maximum Gasteiger partial charge on any atom is 0.223 e. The van der Waals surface area contributed by atoms with Gasteiger partial charge in [-0.3, -0.25) is 9.69 Å². The van der Waals surface area contributed by atoms with Crippen molar-refractivity contribution < 1.29 is 9.90 Å². The maximum absolute atomic E-state index is 12.7. The third-order valence-corrected chi connectivity index (χ3v) is 9.11. The van der Waals surface area contributed by atoms with Crippen molar-refractivity contribution in [1.29, 1.82) is 0 Å². The molecule has 0 radical (unpaired) electrons. The zero-order valence-corrected chi connectivity index (χ0v) is 24.9. The van der Waals surface area contributed by atoms with Gasteiger partial charge in [-0.2, -0.15) is 0 Å². The molecule has 0 aromatic carbocycles. The normalized spacial score (nSPS) is 29.5. The topological polar surface area (TPSA) is 81.6 Å². The number of rotatable bonds is 7. The van der Waals surface area contributed by atoms with E-state index in [0.717, 1.165) is 81.4 Å². The Balaban J connectivity index is 1.21. The number of aliphatic hydroxyl groups excluding tert-OH is 1. The number of anilines is 1. The summed E-state index contributed by atoms with van der Waals surface area (Å²) in [5.74, 6) is 3.52. The van der Waals surface area contributed by atoms with Crippen LogP contribution in [0.25, 0.3) is 0 Å². The Bertz CT molecular complexity index is 913. The lowest BCUT2D eigenvalue weighted by Gasteiger charge is -2.41. The second-order valence-electron chi connectivity index (χ2n) is 13.7. The summed E-state index contributed by atoms with van der Waals surface area (Å²) in [6.45, 7) is 17.7. The van der Waals surface area contributed by atoms with Gasteiger partial charge >= 0.3 is 0 Å². The Morgan fingerprint density at radius 2 is 1.74 bits per heavy atom. The Morgan fingerprint density at radius 3 is 2.34 bits per heavy atom. The van der Waals surface area contributed by atoms with E-state index in [-0.39, 0.29) is 23.3 Å². The van der Waals surface area contributed by atoms with E-state index in [1.54, 1.807) is 0 Å². The van der Waals surface area contributed by atoms with Crippen molar-refractivity contribution in [3.8, 4) is 0 Å². The van der Waals surface area contributed by atoms with Crippen molar-refractivity contribution in [3.05, 3.63) is 17.6 Å². The van der Waals surface area contributed by atoms with Gasteiger partial charge in [0.2, 0.25) is 5.91 Å². The summed E-state index contributed by atoms with van der Waals surface area (Å²) in [6.07, 6.45) is 8.93. The first kappa shape index (κ1) is 29.3. The van der Waals surface area contributed by atoms with Crippen LogP contribution in [0.15, 0.2) is 6.07 Å². The number of carbonyl (C=O) groups excluding carboxylic acids is 1. The molecule has 1 aliphatic heterocycles. The third-order valence-electron chi connectivity index (χ3n) is 9.11. The number of carbonyl (C=O) groups is 1. The summed E-state index contributed by atoms with van der Waals surface area (Å²) in [5, 5.41) is 13.0. The van der Waals surface area contributed by atoms with Crippen LogP contribution in [0.2, 0.25) is 0 Å². The zero-order chi connectivity index (χ0) is 27.4. The van der Waals surface area contributed by atoms with Crippen LogP contribution < -0.4 is 10.2 Å². The van der Waals surface area contributed by atoms with Crippen molar-refractivity contribution in [2.45, 2.75) is 129 Å². The standard InChI is InChI=1S/C31H53N5O2/c1-21(2)27-19-28(34-30(33-27)31(4,5)6)36-18-17-35(20-22(36)3)16-15-23-7-11-25(12-8-23)32-29(38)24-9-13-26(37)14-10-24/h19,21-26,37H,7-18,20H2,1-6H3,(H,32,38)/t22-,23?,24?,25?,26?/m0/s1. The minimum Gasteiger partial charge on any atom is -0.393 e. The maximum atomic E-state index is 12.7. The average Bonchev–Trinajstić information content (AvgIpc) is 2.88. The lowest BCUT2D eigenvalue weighted by atomic mass is 9.83. The lowest BCUT2D eigenvalue weighted by molar-refractivity contribution is -0.127. The highest BCUT2D eigenvalue weighted by Gasteiger charge is 2.30. The average molecular weight is 528 g/mol. The molecule has 1 aromatic heterocycles. The fourth-order valence-electron chi connectivity index (χ4n) is 6.43. The third kappa shape index (κ3) is 7.68. The predicted octanol–water partition coefficient (Wildman–Crippen LogP) is 5.02. The van der Waals surface area contributed by atoms with Gasteiger partial charge in [-0.25, -0.2) is 9.97 Å². The fourth-order valence-corrected chi connectivity index (χ4v) is 6.43. The van der Waals surface area contributed by atoms with Crippen LogP contribution in [0.4, 0.5) is 5.82 Å². The molecule has 3 aliphatic rings. The predicted molar refractivity (Wildman–Crippen MR) is 155 cm³/mol. The van der Waals surface area contributed by atoms with E-state index in [0.29, 0.717) is 18.0 Å². The van der Waals surface area contributed by atoms with Crippen LogP contribution in [0.1, 0.15) is 117 Å². The van der Waals surface area contributed by atoms with Gasteiger partial charge < -0.3 is 15.3 Å². The highest BCUT2D eigenvalue weighted by Crippen LogP contribution is 2.30. The minimum absolute atomic E-state index is 0.0635. The molecule has 7 nitrogen and oxygen atoms in total. The molecule has 0 spiro atoms. The number of piperazine rings is 1. The van der Waals surface area contributed by atoms with Crippen molar-refractivity contribution in [2.75, 3.05) is 31.1 Å². The largest absolute Gasteiger partial charge is 0.393 e. The first-order valence-electron chi connectivity index (χ1n) is 15.4. The zero-order valence-electron chi connectivity index (χ0n) is 24.9. The number of amides is 1. The Hall–Kier alpha value is -1.73. The van der Waals surface area contributed by atoms with Crippen molar-refractivity contribution in [1.82, 2.24) is 20.2 Å². The van der Waals surface area contributed by atoms with Crippen molar-refractivity contribution in [3.63, 3.8) is 0 Å². The number of nitrogens with zero attached hydrogens (tertiary/aromatic N) is 4. The highest BCUT2D eigenvalue weighted by atomic mass is 16.3. The van der Waals surface area contributed by atoms with E-state index < -0.39 is 0 Å². The quantitative estimate of drug-likeness (QED) is 0.518. The second kappa shape index (κ2) is 12.6. The van der Waals surface area contributed by atoms with Gasteiger partial charge in [-0.05, 0) is 83.1 Å². The monoisotopic (exact) mass is 527 g/mol. The minimum atomic E-state index is -0.202. The molecule has 2 saturated carbocycles. The highest BCUT2D eigenvalue weighted by molar-refractivity contribution is 5.79. The molecule has 2 aliphatic carbocycles. The molecule has 3 fully saturated rings. The van der Waals surface area contributed by atoms with Gasteiger partial charge in [0.15, 0.2) is 0 Å². The van der Waals surface area contributed by atoms with Crippen LogP contribution in [-0.2, 0) is 10.2 Å². The van der Waals surface area contributed by atoms with Crippen molar-refractivity contribution in [2.24, 2.45) is 11.8 Å². The smallest absolute Gasteiger partial charge is 0.223 e. The molecule has 4 rings (SSSR count). The molecule has 0 unspecified atom stereocenters. The van der Waals surface area contributed by atoms with Crippen LogP contribution in [0.5, 0.6) is 0 Å². The Kier molecular flexibility index (Phi) is 9.72. The van der Waals surface area contributed by atoms with E-state index >= 15 is 0 Å². The molecular formula is C31H53N5O2. The lowest BCUT2D eigenvalue weighted by Crippen LogP contribution is -2.52. The van der Waals surface area contributed by atoms with Crippen LogP contribution in [-0.4, -0.2) is 70.2 Å². The van der Waals surface area contributed by atoms with E-state index in [9.17, 15) is 9.90 Å². The number of aromatic nitrogens is 2. The number of hydrogen-bond donors (Lipinski definition) is 2. The summed E-state index contributed by atoms with van der Waals surface area (Å²) in [7, 11) is 0. The Labute approximate surface area is 231 Å². The summed E-state index contributed by atoms with van der Waals surface area (Å²) in [4.78, 5) is 27.7. The number of nitrogens with one attached hydrogen (secondary N) is 1. The van der Waals surface area contributed by atoms with Gasteiger partial charge in [0.25, 0.3) is 0 Å². The van der Waals surface area contributed by atoms with E-state index in [2.05, 4.69) is 62.7 Å². The molecule has 1 amide bonds. The SMILES string of the molecule is CC(C)c1cc(N2CCN(CCC3CCC(NC(=O)C4CCC(O)CC4)CC3)C[C@@H]2C)nc(C(C)(C)C)n1. The van der Waals surface area contributed by atoms with Crippen LogP contribution in [0, 0.1) is 11.8 Å². The summed E-state index contributed by atoms with van der Waals surface area (Å²) < 4.78 is 0. The number of hydrogen-bond acceptors (Lipinski definition) is 6. The molecule has 1 aromatic rings. The van der Waals surface area contributed by atoms with Crippen LogP contribution >= 0.6 is 0 Å². The van der Waals surface area contributed by atoms with Gasteiger partial charge in [-0.1, -0.05) is 34.6 Å². The molecule has 1 atom stereocenters. The van der Waals surface area contributed by atoms with E-state index in [1.165, 1.54) is 25.8 Å². The molecule has 38 heavy (non-hydrogen) atoms. The Morgan fingerprint density at radius 1 is 1.05 bits per heavy atom. The first-order valence-corrected chi connectivity index (χ1v) is 15.4. The van der Waals surface area contributed by atoms with Gasteiger partial charge in [-0.15, -0.1) is 0 Å². The van der Waals surface area contributed by atoms with Crippen LogP contribution in [0.3, 0.4) is 0 Å². The number of aliphatic hydroxyl groups is 1. The molecular weight excluding hydrogens is 474 g/mol. The molecule has 1 saturated heterocycles. The molecule has 2 N–H and O–H groups in total. The molecule has 214 valence electrons. The fraction of sp³-hybridized carbons (Fsp3) is 0.839. The summed E-state index contributed by atoms with van der Waals surface area (Å²) in [6, 6.07) is 2.98. The molecule has 7 heteroatoms. The van der Waals surface area contributed by atoms with Gasteiger partial charge in [0, 0.05) is 54.8 Å². The van der Waals surface area contributed by atoms with E-state index in [1.807, 2.05) is 0 Å². The molecule has 0 bridgehead atoms. The molecule has 2 heterocycles. The van der Waals surface area contributed by atoms with Gasteiger partial charge in [0.05, 0.1) is 6.10 Å². The van der Waals surface area contributed by atoms with E-state index in [4.69, 9.17) is 9.97 Å². The first-order chi connectivity index (χ1) is 18.0. The second-order valence-corrected chi connectivity index (χ2v) is 13.7. The van der Waals surface area contributed by atoms with Gasteiger partial charge in [0.1, 0.15) is 11.6 Å². The summed E-state index contributed by atoms with van der Waals surface area (Å²) in [5.41, 5.74) is 1.07.